The first-order valence-electron chi connectivity index (χ1n) is 5.70. The maximum atomic E-state index is 7.50. The molecule has 2 rings (SSSR count). The minimum atomic E-state index is 0.176. The van der Waals surface area contributed by atoms with Gasteiger partial charge in [-0.05, 0) is 11.1 Å². The van der Waals surface area contributed by atoms with Crippen molar-refractivity contribution >= 4 is 5.84 Å². The van der Waals surface area contributed by atoms with Crippen molar-refractivity contribution < 1.29 is 0 Å². The highest BCUT2D eigenvalue weighted by Gasteiger charge is 2.14. The first-order valence-corrected chi connectivity index (χ1v) is 5.70. The van der Waals surface area contributed by atoms with Crippen molar-refractivity contribution in [3.63, 3.8) is 0 Å². The molecule has 0 amide bonds. The van der Waals surface area contributed by atoms with Crippen LogP contribution in [0.1, 0.15) is 23.5 Å². The van der Waals surface area contributed by atoms with Gasteiger partial charge >= 0.3 is 0 Å². The van der Waals surface area contributed by atoms with Gasteiger partial charge in [0.15, 0.2) is 0 Å². The van der Waals surface area contributed by atoms with Crippen molar-refractivity contribution in [2.24, 2.45) is 5.73 Å². The molecule has 0 aromatic heterocycles. The molecule has 2 heteroatoms. The van der Waals surface area contributed by atoms with Gasteiger partial charge < -0.3 is 5.73 Å². The van der Waals surface area contributed by atoms with Crippen molar-refractivity contribution in [3.05, 3.63) is 71.8 Å². The quantitative estimate of drug-likeness (QED) is 0.608. The van der Waals surface area contributed by atoms with Crippen LogP contribution in [0.4, 0.5) is 0 Å². The molecule has 0 aliphatic rings. The van der Waals surface area contributed by atoms with E-state index in [1.165, 1.54) is 11.1 Å². The van der Waals surface area contributed by atoms with Gasteiger partial charge in [0.1, 0.15) is 0 Å². The molecule has 0 spiro atoms. The monoisotopic (exact) mass is 224 g/mol. The molecule has 0 aliphatic heterocycles. The van der Waals surface area contributed by atoms with E-state index in [2.05, 4.69) is 24.3 Å². The van der Waals surface area contributed by atoms with E-state index in [0.717, 1.165) is 0 Å². The molecule has 2 nitrogen and oxygen atoms in total. The van der Waals surface area contributed by atoms with Crippen LogP contribution < -0.4 is 5.73 Å². The summed E-state index contributed by atoms with van der Waals surface area (Å²) in [5, 5.41) is 7.50. The Bertz CT molecular complexity index is 437. The number of rotatable bonds is 4. The molecule has 2 aromatic rings. The van der Waals surface area contributed by atoms with Crippen LogP contribution in [0.25, 0.3) is 0 Å². The minimum absolute atomic E-state index is 0.176. The van der Waals surface area contributed by atoms with Crippen molar-refractivity contribution in [1.29, 1.82) is 5.41 Å². The van der Waals surface area contributed by atoms with Gasteiger partial charge in [0, 0.05) is 12.3 Å². The lowest BCUT2D eigenvalue weighted by Gasteiger charge is -2.17. The summed E-state index contributed by atoms with van der Waals surface area (Å²) >= 11 is 0. The largest absolute Gasteiger partial charge is 0.388 e. The predicted octanol–water partition coefficient (Wildman–Crippen LogP) is 3.14. The second-order valence-electron chi connectivity index (χ2n) is 4.10. The molecule has 3 N–H and O–H groups in total. The second kappa shape index (κ2) is 5.30. The van der Waals surface area contributed by atoms with Crippen molar-refractivity contribution in [3.8, 4) is 0 Å². The van der Waals surface area contributed by atoms with Crippen LogP contribution in [0.3, 0.4) is 0 Å². The van der Waals surface area contributed by atoms with Crippen molar-refractivity contribution in [2.75, 3.05) is 0 Å². The van der Waals surface area contributed by atoms with Gasteiger partial charge in [-0.15, -0.1) is 0 Å². The van der Waals surface area contributed by atoms with E-state index in [-0.39, 0.29) is 11.8 Å². The summed E-state index contributed by atoms with van der Waals surface area (Å²) in [5.41, 5.74) is 7.96. The highest BCUT2D eigenvalue weighted by molar-refractivity contribution is 5.78. The van der Waals surface area contributed by atoms with E-state index in [4.69, 9.17) is 11.1 Å². The van der Waals surface area contributed by atoms with E-state index >= 15 is 0 Å². The van der Waals surface area contributed by atoms with Crippen LogP contribution in [-0.2, 0) is 0 Å². The lowest BCUT2D eigenvalue weighted by molar-refractivity contribution is 0.846. The number of hydrogen-bond donors (Lipinski definition) is 2. The number of hydrogen-bond acceptors (Lipinski definition) is 1. The summed E-state index contributed by atoms with van der Waals surface area (Å²) in [6, 6.07) is 20.4. The van der Waals surface area contributed by atoms with E-state index in [9.17, 15) is 0 Å². The molecule has 2 aromatic carbocycles. The molecule has 0 atom stereocenters. The van der Waals surface area contributed by atoms with Crippen LogP contribution in [0.2, 0.25) is 0 Å². The highest BCUT2D eigenvalue weighted by Crippen LogP contribution is 2.27. The summed E-state index contributed by atoms with van der Waals surface area (Å²) in [6.07, 6.45) is 0.564. The Hall–Kier alpha value is -2.09. The SMILES string of the molecule is N=C(N)CC(c1ccccc1)c1ccccc1. The predicted molar refractivity (Wildman–Crippen MR) is 71.3 cm³/mol. The molecule has 0 bridgehead atoms. The number of nitrogens with two attached hydrogens (primary N) is 1. The third-order valence-corrected chi connectivity index (χ3v) is 2.83. The van der Waals surface area contributed by atoms with Gasteiger partial charge in [-0.3, -0.25) is 5.41 Å². The van der Waals surface area contributed by atoms with Gasteiger partial charge in [-0.2, -0.15) is 0 Å². The smallest absolute Gasteiger partial charge is 0.0914 e. The lowest BCUT2D eigenvalue weighted by atomic mass is 9.88. The van der Waals surface area contributed by atoms with Gasteiger partial charge in [0.25, 0.3) is 0 Å². The molecule has 0 fully saturated rings. The Balaban J connectivity index is 2.36. The number of benzene rings is 2. The topological polar surface area (TPSA) is 49.9 Å². The first-order chi connectivity index (χ1) is 8.27. The molecule has 0 aliphatic carbocycles. The van der Waals surface area contributed by atoms with Crippen molar-refractivity contribution in [2.45, 2.75) is 12.3 Å². The fraction of sp³-hybridized carbons (Fsp3) is 0.133. The Morgan fingerprint density at radius 3 is 1.65 bits per heavy atom. The zero-order valence-corrected chi connectivity index (χ0v) is 9.64. The van der Waals surface area contributed by atoms with Crippen LogP contribution >= 0.6 is 0 Å². The third kappa shape index (κ3) is 2.94. The van der Waals surface area contributed by atoms with Crippen LogP contribution in [0, 0.1) is 5.41 Å². The van der Waals surface area contributed by atoms with E-state index in [1.807, 2.05) is 36.4 Å². The summed E-state index contributed by atoms with van der Waals surface area (Å²) in [5.74, 6) is 0.401. The molecule has 0 saturated heterocycles. The van der Waals surface area contributed by atoms with Gasteiger partial charge in [-0.1, -0.05) is 60.7 Å². The van der Waals surface area contributed by atoms with Gasteiger partial charge in [-0.25, -0.2) is 0 Å². The summed E-state index contributed by atoms with van der Waals surface area (Å²) in [6.45, 7) is 0. The summed E-state index contributed by atoms with van der Waals surface area (Å²) < 4.78 is 0. The Morgan fingerprint density at radius 1 is 0.882 bits per heavy atom. The fourth-order valence-electron chi connectivity index (χ4n) is 2.02. The van der Waals surface area contributed by atoms with Gasteiger partial charge in [0.05, 0.1) is 5.84 Å². The maximum absolute atomic E-state index is 7.50. The molecule has 0 heterocycles. The highest BCUT2D eigenvalue weighted by atomic mass is 14.7. The van der Waals surface area contributed by atoms with Crippen LogP contribution in [0.5, 0.6) is 0 Å². The van der Waals surface area contributed by atoms with E-state index in [0.29, 0.717) is 6.42 Å². The fourth-order valence-corrected chi connectivity index (χ4v) is 2.02. The summed E-state index contributed by atoms with van der Waals surface area (Å²) in [4.78, 5) is 0. The van der Waals surface area contributed by atoms with E-state index in [1.54, 1.807) is 0 Å². The Labute approximate surface area is 102 Å². The molecular weight excluding hydrogens is 208 g/mol. The molecule has 0 radical (unpaired) electrons. The average Bonchev–Trinajstić information content (AvgIpc) is 2.38. The molecule has 17 heavy (non-hydrogen) atoms. The average molecular weight is 224 g/mol. The molecular formula is C15H16N2. The third-order valence-electron chi connectivity index (χ3n) is 2.83. The van der Waals surface area contributed by atoms with Crippen molar-refractivity contribution in [1.82, 2.24) is 0 Å². The van der Waals surface area contributed by atoms with E-state index < -0.39 is 0 Å². The van der Waals surface area contributed by atoms with Crippen LogP contribution in [-0.4, -0.2) is 5.84 Å². The Kier molecular flexibility index (Phi) is 3.55. The molecule has 0 unspecified atom stereocenters. The number of amidine groups is 1. The standard InChI is InChI=1S/C15H16N2/c16-15(17)11-14(12-7-3-1-4-8-12)13-9-5-2-6-10-13/h1-10,14H,11H2,(H3,16,17). The maximum Gasteiger partial charge on any atom is 0.0914 e. The van der Waals surface area contributed by atoms with Gasteiger partial charge in [0.2, 0.25) is 0 Å². The zero-order chi connectivity index (χ0) is 12.1. The lowest BCUT2D eigenvalue weighted by Crippen LogP contribution is -2.15. The number of nitrogens with one attached hydrogen (secondary N) is 1. The first kappa shape index (κ1) is 11.4. The Morgan fingerprint density at radius 2 is 1.29 bits per heavy atom. The normalized spacial score (nSPS) is 10.4. The second-order valence-corrected chi connectivity index (χ2v) is 4.10. The van der Waals surface area contributed by atoms with Crippen LogP contribution in [0.15, 0.2) is 60.7 Å². The molecule has 0 saturated carbocycles. The molecule has 86 valence electrons. The zero-order valence-electron chi connectivity index (χ0n) is 9.64. The summed E-state index contributed by atoms with van der Waals surface area (Å²) in [7, 11) is 0. The minimum Gasteiger partial charge on any atom is -0.388 e.